The number of nitrogens with zero attached hydrogens (tertiary/aromatic N) is 1. The Kier molecular flexibility index (Phi) is 4.90. The summed E-state index contributed by atoms with van der Waals surface area (Å²) in [4.78, 5) is 27.5. The zero-order valence-corrected chi connectivity index (χ0v) is 13.0. The van der Waals surface area contributed by atoms with Crippen molar-refractivity contribution in [3.8, 4) is 0 Å². The third-order valence-electron chi connectivity index (χ3n) is 3.84. The van der Waals surface area contributed by atoms with Gasteiger partial charge in [0.15, 0.2) is 0 Å². The lowest BCUT2D eigenvalue weighted by Gasteiger charge is -2.27. The Bertz CT molecular complexity index is 764. The van der Waals surface area contributed by atoms with E-state index in [1.165, 1.54) is 18.2 Å². The molecule has 0 atom stereocenters. The number of hydrogen-bond donors (Lipinski definition) is 2. The minimum absolute atomic E-state index is 0.0616. The van der Waals surface area contributed by atoms with Crippen molar-refractivity contribution in [2.45, 2.75) is 6.54 Å². The fourth-order valence-electron chi connectivity index (χ4n) is 2.49. The quantitative estimate of drug-likeness (QED) is 0.892. The third kappa shape index (κ3) is 3.80. The van der Waals surface area contributed by atoms with E-state index in [9.17, 15) is 14.0 Å². The first-order valence-electron chi connectivity index (χ1n) is 7.71. The van der Waals surface area contributed by atoms with Crippen LogP contribution in [0.25, 0.3) is 0 Å². The first-order chi connectivity index (χ1) is 11.6. The summed E-state index contributed by atoms with van der Waals surface area (Å²) in [5.41, 5.74) is 1.32. The Morgan fingerprint density at radius 2 is 2.04 bits per heavy atom. The van der Waals surface area contributed by atoms with Crippen LogP contribution in [0.15, 0.2) is 41.3 Å². The normalized spacial score (nSPS) is 14.5. The molecule has 2 N–H and O–H groups in total. The number of anilines is 1. The summed E-state index contributed by atoms with van der Waals surface area (Å²) in [7, 11) is 0. The molecule has 126 valence electrons. The number of rotatable bonds is 4. The van der Waals surface area contributed by atoms with Gasteiger partial charge in [0.05, 0.1) is 18.8 Å². The summed E-state index contributed by atoms with van der Waals surface area (Å²) >= 11 is 0. The van der Waals surface area contributed by atoms with Crippen LogP contribution in [-0.2, 0) is 11.3 Å². The van der Waals surface area contributed by atoms with Gasteiger partial charge in [-0.25, -0.2) is 4.39 Å². The van der Waals surface area contributed by atoms with E-state index in [4.69, 9.17) is 4.74 Å². The maximum Gasteiger partial charge on any atom is 0.256 e. The van der Waals surface area contributed by atoms with Crippen LogP contribution < -0.4 is 10.9 Å². The van der Waals surface area contributed by atoms with Gasteiger partial charge in [-0.1, -0.05) is 6.07 Å². The number of aromatic amines is 1. The van der Waals surface area contributed by atoms with Crippen LogP contribution >= 0.6 is 0 Å². The van der Waals surface area contributed by atoms with Gasteiger partial charge in [-0.2, -0.15) is 0 Å². The molecule has 0 unspecified atom stereocenters. The molecule has 24 heavy (non-hydrogen) atoms. The van der Waals surface area contributed by atoms with Crippen molar-refractivity contribution >= 4 is 11.6 Å². The number of halogens is 1. The Morgan fingerprint density at radius 3 is 2.71 bits per heavy atom. The Balaban J connectivity index is 1.66. The first-order valence-corrected chi connectivity index (χ1v) is 7.71. The molecule has 3 rings (SSSR count). The van der Waals surface area contributed by atoms with E-state index >= 15 is 0 Å². The van der Waals surface area contributed by atoms with E-state index in [1.54, 1.807) is 23.2 Å². The highest BCUT2D eigenvalue weighted by Crippen LogP contribution is 2.17. The Hall–Kier alpha value is -2.67. The van der Waals surface area contributed by atoms with E-state index in [0.717, 1.165) is 5.56 Å². The second kappa shape index (κ2) is 7.27. The Labute approximate surface area is 138 Å². The van der Waals surface area contributed by atoms with Crippen LogP contribution in [0, 0.1) is 5.82 Å². The summed E-state index contributed by atoms with van der Waals surface area (Å²) < 4.78 is 19.5. The largest absolute Gasteiger partial charge is 0.381 e. The van der Waals surface area contributed by atoms with Crippen LogP contribution in [0.3, 0.4) is 0 Å². The van der Waals surface area contributed by atoms with Gasteiger partial charge in [0.25, 0.3) is 5.91 Å². The highest BCUT2D eigenvalue weighted by atomic mass is 19.1. The van der Waals surface area contributed by atoms with Gasteiger partial charge in [0.1, 0.15) is 5.82 Å². The maximum absolute atomic E-state index is 14.3. The number of carbonyl (C=O) groups is 1. The van der Waals surface area contributed by atoms with Crippen molar-refractivity contribution in [2.75, 3.05) is 31.6 Å². The van der Waals surface area contributed by atoms with Gasteiger partial charge < -0.3 is 19.9 Å². The van der Waals surface area contributed by atoms with Crippen LogP contribution in [0.5, 0.6) is 0 Å². The summed E-state index contributed by atoms with van der Waals surface area (Å²) in [6.07, 6.45) is 1.60. The summed E-state index contributed by atoms with van der Waals surface area (Å²) in [5.74, 6) is -0.874. The van der Waals surface area contributed by atoms with Crippen LogP contribution in [0.1, 0.15) is 15.9 Å². The van der Waals surface area contributed by atoms with E-state index in [1.807, 2.05) is 0 Å². The van der Waals surface area contributed by atoms with Gasteiger partial charge in [-0.3, -0.25) is 9.59 Å². The lowest BCUT2D eigenvalue weighted by atomic mass is 10.1. The molecule has 7 heteroatoms. The fraction of sp³-hybridized carbons (Fsp3) is 0.294. The molecule has 0 aliphatic carbocycles. The van der Waals surface area contributed by atoms with Gasteiger partial charge >= 0.3 is 0 Å². The van der Waals surface area contributed by atoms with Gasteiger partial charge in [0, 0.05) is 37.6 Å². The monoisotopic (exact) mass is 331 g/mol. The van der Waals surface area contributed by atoms with Crippen molar-refractivity contribution in [1.82, 2.24) is 9.88 Å². The SMILES string of the molecule is O=C(c1ccc(NCc2ccc(=O)[nH]c2)cc1F)N1CCOCC1. The fourth-order valence-corrected chi connectivity index (χ4v) is 2.49. The molecule has 1 aliphatic rings. The number of ether oxygens (including phenoxy) is 1. The average molecular weight is 331 g/mol. The lowest BCUT2D eigenvalue weighted by molar-refractivity contribution is 0.0300. The number of carbonyl (C=O) groups excluding carboxylic acids is 1. The zero-order valence-electron chi connectivity index (χ0n) is 13.0. The van der Waals surface area contributed by atoms with Crippen molar-refractivity contribution in [1.29, 1.82) is 0 Å². The summed E-state index contributed by atoms with van der Waals surface area (Å²) in [6, 6.07) is 7.59. The zero-order chi connectivity index (χ0) is 16.9. The second-order valence-corrected chi connectivity index (χ2v) is 5.51. The molecular weight excluding hydrogens is 313 g/mol. The number of aromatic nitrogens is 1. The topological polar surface area (TPSA) is 74.4 Å². The number of benzene rings is 1. The maximum atomic E-state index is 14.3. The number of amides is 1. The molecule has 0 bridgehead atoms. The van der Waals surface area contributed by atoms with Gasteiger partial charge in [-0.15, -0.1) is 0 Å². The van der Waals surface area contributed by atoms with Crippen LogP contribution in [0.2, 0.25) is 0 Å². The van der Waals surface area contributed by atoms with Gasteiger partial charge in [0.2, 0.25) is 5.56 Å². The number of pyridine rings is 1. The van der Waals surface area contributed by atoms with E-state index in [0.29, 0.717) is 38.5 Å². The summed E-state index contributed by atoms with van der Waals surface area (Å²) in [5, 5.41) is 3.06. The van der Waals surface area contributed by atoms with E-state index in [2.05, 4.69) is 10.3 Å². The standard InChI is InChI=1S/C17H18FN3O3/c18-15-9-13(19-10-12-1-4-16(22)20-11-12)2-3-14(15)17(23)21-5-7-24-8-6-21/h1-4,9,11,19H,5-8,10H2,(H,20,22). The number of H-pyrrole nitrogens is 1. The Morgan fingerprint density at radius 1 is 1.25 bits per heavy atom. The highest BCUT2D eigenvalue weighted by Gasteiger charge is 2.21. The third-order valence-corrected chi connectivity index (χ3v) is 3.84. The molecule has 1 fully saturated rings. The smallest absolute Gasteiger partial charge is 0.256 e. The van der Waals surface area contributed by atoms with Gasteiger partial charge in [-0.05, 0) is 23.8 Å². The number of nitrogens with one attached hydrogen (secondary N) is 2. The predicted octanol–water partition coefficient (Wildman–Crippen LogP) is 1.60. The number of hydrogen-bond acceptors (Lipinski definition) is 4. The molecule has 2 aromatic rings. The minimum Gasteiger partial charge on any atom is -0.381 e. The molecule has 1 aromatic carbocycles. The molecule has 1 amide bonds. The summed E-state index contributed by atoms with van der Waals surface area (Å²) in [6.45, 7) is 2.35. The average Bonchev–Trinajstić information content (AvgIpc) is 2.61. The van der Waals surface area contributed by atoms with Crippen LogP contribution in [-0.4, -0.2) is 42.1 Å². The molecule has 0 radical (unpaired) electrons. The molecular formula is C17H18FN3O3. The van der Waals surface area contributed by atoms with Crippen molar-refractivity contribution in [2.24, 2.45) is 0 Å². The molecule has 1 aromatic heterocycles. The van der Waals surface area contributed by atoms with Crippen molar-refractivity contribution < 1.29 is 13.9 Å². The lowest BCUT2D eigenvalue weighted by Crippen LogP contribution is -2.41. The van der Waals surface area contributed by atoms with Crippen LogP contribution in [0.4, 0.5) is 10.1 Å². The molecule has 2 heterocycles. The van der Waals surface area contributed by atoms with Crippen molar-refractivity contribution in [3.05, 3.63) is 63.8 Å². The first kappa shape index (κ1) is 16.2. The molecule has 0 spiro atoms. The molecule has 6 nitrogen and oxygen atoms in total. The second-order valence-electron chi connectivity index (χ2n) is 5.51. The predicted molar refractivity (Wildman–Crippen MR) is 87.5 cm³/mol. The highest BCUT2D eigenvalue weighted by molar-refractivity contribution is 5.95. The molecule has 0 saturated carbocycles. The molecule has 1 saturated heterocycles. The minimum atomic E-state index is -0.557. The number of morpholine rings is 1. The van der Waals surface area contributed by atoms with Crippen molar-refractivity contribution in [3.63, 3.8) is 0 Å². The van der Waals surface area contributed by atoms with E-state index < -0.39 is 5.82 Å². The molecule has 1 aliphatic heterocycles. The van der Waals surface area contributed by atoms with E-state index in [-0.39, 0.29) is 17.0 Å².